The molecule has 2 rings (SSSR count). The number of rotatable bonds is 5. The van der Waals surface area contributed by atoms with Gasteiger partial charge in [-0.15, -0.1) is 0 Å². The molecule has 3 N–H and O–H groups in total. The van der Waals surface area contributed by atoms with Gasteiger partial charge in [0.1, 0.15) is 0 Å². The van der Waals surface area contributed by atoms with Gasteiger partial charge in [-0.1, -0.05) is 31.9 Å². The predicted molar refractivity (Wildman–Crippen MR) is 83.2 cm³/mol. The van der Waals surface area contributed by atoms with Gasteiger partial charge in [0.05, 0.1) is 0 Å². The fraction of sp³-hybridized carbons (Fsp3) is 0.647. The van der Waals surface area contributed by atoms with Crippen LogP contribution in [0, 0.1) is 5.92 Å². The third kappa shape index (κ3) is 5.23. The first-order valence-corrected chi connectivity index (χ1v) is 7.82. The van der Waals surface area contributed by atoms with E-state index in [1.54, 1.807) is 0 Å². The summed E-state index contributed by atoms with van der Waals surface area (Å²) >= 11 is 0. The van der Waals surface area contributed by atoms with Crippen molar-refractivity contribution in [2.75, 3.05) is 12.3 Å². The van der Waals surface area contributed by atoms with Gasteiger partial charge in [0.15, 0.2) is 0 Å². The van der Waals surface area contributed by atoms with E-state index >= 15 is 0 Å². The first-order chi connectivity index (χ1) is 9.24. The Hall–Kier alpha value is -1.02. The lowest BCUT2D eigenvalue weighted by Gasteiger charge is -2.16. The summed E-state index contributed by atoms with van der Waals surface area (Å²) in [6, 6.07) is 9.02. The van der Waals surface area contributed by atoms with Crippen LogP contribution in [0.25, 0.3) is 0 Å². The molecule has 0 saturated heterocycles. The Morgan fingerprint density at radius 1 is 1.21 bits per heavy atom. The van der Waals surface area contributed by atoms with Crippen molar-refractivity contribution in [3.63, 3.8) is 0 Å². The van der Waals surface area contributed by atoms with E-state index in [-0.39, 0.29) is 0 Å². The first-order valence-electron chi connectivity index (χ1n) is 7.82. The van der Waals surface area contributed by atoms with Crippen molar-refractivity contribution in [2.24, 2.45) is 5.92 Å². The second-order valence-corrected chi connectivity index (χ2v) is 6.11. The van der Waals surface area contributed by atoms with Crippen LogP contribution in [0.5, 0.6) is 0 Å². The predicted octanol–water partition coefficient (Wildman–Crippen LogP) is 3.76. The molecule has 0 aromatic heterocycles. The normalized spacial score (nSPS) is 24.1. The molecule has 1 aliphatic rings. The molecule has 1 fully saturated rings. The van der Waals surface area contributed by atoms with Gasteiger partial charge in [-0.05, 0) is 62.3 Å². The Bertz CT molecular complexity index is 375. The fourth-order valence-corrected chi connectivity index (χ4v) is 3.04. The molecule has 1 aromatic rings. The van der Waals surface area contributed by atoms with E-state index in [1.807, 2.05) is 12.1 Å². The van der Waals surface area contributed by atoms with Crippen molar-refractivity contribution in [1.29, 1.82) is 0 Å². The van der Waals surface area contributed by atoms with Gasteiger partial charge in [-0.25, -0.2) is 0 Å². The molecule has 2 unspecified atom stereocenters. The summed E-state index contributed by atoms with van der Waals surface area (Å²) < 4.78 is 0. The zero-order valence-electron chi connectivity index (χ0n) is 12.2. The molecule has 0 spiro atoms. The largest absolute Gasteiger partial charge is 0.399 e. The molecule has 0 amide bonds. The van der Waals surface area contributed by atoms with Crippen molar-refractivity contribution < 1.29 is 0 Å². The van der Waals surface area contributed by atoms with Gasteiger partial charge in [0, 0.05) is 11.7 Å². The molecule has 0 aliphatic heterocycles. The van der Waals surface area contributed by atoms with Crippen molar-refractivity contribution in [1.82, 2.24) is 5.32 Å². The van der Waals surface area contributed by atoms with Crippen LogP contribution in [0.2, 0.25) is 0 Å². The highest BCUT2D eigenvalue weighted by Crippen LogP contribution is 2.22. The summed E-state index contributed by atoms with van der Waals surface area (Å²) in [6.07, 6.45) is 9.27. The average molecular weight is 260 g/mol. The Morgan fingerprint density at radius 2 is 2.11 bits per heavy atom. The Balaban J connectivity index is 1.64. The lowest BCUT2D eigenvalue weighted by molar-refractivity contribution is 0.445. The minimum absolute atomic E-state index is 0.755. The van der Waals surface area contributed by atoms with Crippen LogP contribution in [0.4, 0.5) is 5.69 Å². The Kier molecular flexibility index (Phi) is 5.71. The van der Waals surface area contributed by atoms with Crippen molar-refractivity contribution >= 4 is 5.69 Å². The Morgan fingerprint density at radius 3 is 2.95 bits per heavy atom. The smallest absolute Gasteiger partial charge is 0.0316 e. The minimum atomic E-state index is 0.755. The van der Waals surface area contributed by atoms with Gasteiger partial charge < -0.3 is 11.1 Å². The van der Waals surface area contributed by atoms with E-state index in [4.69, 9.17) is 5.73 Å². The summed E-state index contributed by atoms with van der Waals surface area (Å²) in [4.78, 5) is 0. The van der Waals surface area contributed by atoms with Gasteiger partial charge in [0.25, 0.3) is 0 Å². The molecule has 0 radical (unpaired) electrons. The number of aryl methyl sites for hydroxylation is 1. The molecular weight excluding hydrogens is 232 g/mol. The summed E-state index contributed by atoms with van der Waals surface area (Å²) in [6.45, 7) is 3.52. The quantitative estimate of drug-likeness (QED) is 0.480. The summed E-state index contributed by atoms with van der Waals surface area (Å²) in [7, 11) is 0. The summed E-state index contributed by atoms with van der Waals surface area (Å²) in [5.41, 5.74) is 8.03. The van der Waals surface area contributed by atoms with Crippen LogP contribution in [0.3, 0.4) is 0 Å². The highest BCUT2D eigenvalue weighted by molar-refractivity contribution is 5.40. The topological polar surface area (TPSA) is 38.0 Å². The molecular formula is C17H28N2. The number of nitrogens with one attached hydrogen (secondary N) is 1. The standard InChI is InChI=1S/C17H28N2/c1-14-5-2-9-17(11-10-14)19-12-4-7-15-6-3-8-16(18)13-15/h3,6,8,13-14,17,19H,2,4-5,7,9-12,18H2,1H3. The molecule has 2 atom stereocenters. The molecule has 0 heterocycles. The summed E-state index contributed by atoms with van der Waals surface area (Å²) in [5, 5.41) is 3.74. The van der Waals surface area contributed by atoms with Crippen LogP contribution >= 0.6 is 0 Å². The maximum absolute atomic E-state index is 5.79. The lowest BCUT2D eigenvalue weighted by atomic mass is 10.0. The molecule has 1 saturated carbocycles. The minimum Gasteiger partial charge on any atom is -0.399 e. The van der Waals surface area contributed by atoms with Crippen molar-refractivity contribution in [2.45, 2.75) is 57.9 Å². The van der Waals surface area contributed by atoms with Crippen molar-refractivity contribution in [3.8, 4) is 0 Å². The van der Waals surface area contributed by atoms with Crippen LogP contribution in [-0.2, 0) is 6.42 Å². The maximum Gasteiger partial charge on any atom is 0.0316 e. The summed E-state index contributed by atoms with van der Waals surface area (Å²) in [5.74, 6) is 0.930. The van der Waals surface area contributed by atoms with E-state index < -0.39 is 0 Å². The molecule has 1 aliphatic carbocycles. The molecule has 0 bridgehead atoms. The molecule has 2 nitrogen and oxygen atoms in total. The molecule has 19 heavy (non-hydrogen) atoms. The molecule has 1 aromatic carbocycles. The average Bonchev–Trinajstić information content (AvgIpc) is 2.60. The van der Waals surface area contributed by atoms with E-state index in [0.717, 1.165) is 30.6 Å². The number of nitrogens with two attached hydrogens (primary N) is 1. The van der Waals surface area contributed by atoms with Crippen molar-refractivity contribution in [3.05, 3.63) is 29.8 Å². The third-order valence-electron chi connectivity index (χ3n) is 4.28. The first kappa shape index (κ1) is 14.4. The van der Waals surface area contributed by atoms with E-state index in [0.29, 0.717) is 0 Å². The van der Waals surface area contributed by atoms with E-state index in [1.165, 1.54) is 44.1 Å². The van der Waals surface area contributed by atoms with E-state index in [9.17, 15) is 0 Å². The highest BCUT2D eigenvalue weighted by Gasteiger charge is 2.15. The van der Waals surface area contributed by atoms with Crippen LogP contribution in [0.1, 0.15) is 51.0 Å². The van der Waals surface area contributed by atoms with Crippen LogP contribution < -0.4 is 11.1 Å². The second-order valence-electron chi connectivity index (χ2n) is 6.11. The number of benzene rings is 1. The number of nitrogen functional groups attached to an aromatic ring is 1. The zero-order valence-corrected chi connectivity index (χ0v) is 12.2. The van der Waals surface area contributed by atoms with Gasteiger partial charge in [-0.3, -0.25) is 0 Å². The van der Waals surface area contributed by atoms with Crippen LogP contribution in [-0.4, -0.2) is 12.6 Å². The van der Waals surface area contributed by atoms with Crippen LogP contribution in [0.15, 0.2) is 24.3 Å². The number of hydrogen-bond acceptors (Lipinski definition) is 2. The molecule has 2 heteroatoms. The second kappa shape index (κ2) is 7.54. The lowest BCUT2D eigenvalue weighted by Crippen LogP contribution is -2.29. The zero-order chi connectivity index (χ0) is 13.5. The number of hydrogen-bond donors (Lipinski definition) is 2. The fourth-order valence-electron chi connectivity index (χ4n) is 3.04. The van der Waals surface area contributed by atoms with E-state index in [2.05, 4.69) is 24.4 Å². The van der Waals surface area contributed by atoms with Gasteiger partial charge in [0.2, 0.25) is 0 Å². The van der Waals surface area contributed by atoms with Gasteiger partial charge in [-0.2, -0.15) is 0 Å². The highest BCUT2D eigenvalue weighted by atomic mass is 14.9. The SMILES string of the molecule is CC1CCCC(NCCCc2cccc(N)c2)CC1. The molecule has 106 valence electrons. The monoisotopic (exact) mass is 260 g/mol. The third-order valence-corrected chi connectivity index (χ3v) is 4.28. The number of anilines is 1. The Labute approximate surface area is 117 Å². The maximum atomic E-state index is 5.79. The van der Waals surface area contributed by atoms with Gasteiger partial charge >= 0.3 is 0 Å².